The Balaban J connectivity index is 2.27. The van der Waals surface area contributed by atoms with Crippen molar-refractivity contribution in [1.29, 1.82) is 0 Å². The van der Waals surface area contributed by atoms with Crippen LogP contribution in [0.5, 0.6) is 0 Å². The molecule has 0 aliphatic heterocycles. The van der Waals surface area contributed by atoms with E-state index in [4.69, 9.17) is 10.5 Å². The minimum absolute atomic E-state index is 0.00110. The number of nitrogens with two attached hydrogens (primary N) is 1. The molecule has 12 heteroatoms. The Labute approximate surface area is 175 Å². The van der Waals surface area contributed by atoms with Crippen LogP contribution in [0.4, 0.5) is 16.2 Å². The number of carbonyl (C=O) groups excluding carboxylic acids is 2. The van der Waals surface area contributed by atoms with E-state index in [2.05, 4.69) is 5.10 Å². The number of primary amides is 1. The molecule has 3 rings (SSSR count). The zero-order valence-corrected chi connectivity index (χ0v) is 16.3. The molecule has 0 saturated carbocycles. The lowest BCUT2D eigenvalue weighted by Crippen LogP contribution is -2.26. The number of hydrogen-bond donors (Lipinski definition) is 2. The molecule has 160 valence electrons. The Hall–Kier alpha value is -4.35. The standard InChI is InChI=1S/C19H17N5O7/c1-2-3-6-31-18(25)15-9-11(24(29)30)8-14-16(15)12-5-4-10(23(27)28)7-13(12)17(14)21-22-19(20)26/h4-5,7-9H,2-3,6H2,1H3,(H3,20,22,26)/b21-17+. The summed E-state index contributed by atoms with van der Waals surface area (Å²) in [5, 5.41) is 26.6. The number of nitro benzene ring substituents is 2. The molecule has 0 heterocycles. The number of amides is 2. The number of esters is 1. The maximum atomic E-state index is 12.7. The summed E-state index contributed by atoms with van der Waals surface area (Å²) in [4.78, 5) is 45.3. The van der Waals surface area contributed by atoms with Crippen LogP contribution in [0.1, 0.15) is 41.3 Å². The summed E-state index contributed by atoms with van der Waals surface area (Å²) in [6.07, 6.45) is 1.39. The molecule has 2 amide bonds. The fourth-order valence-corrected chi connectivity index (χ4v) is 3.19. The van der Waals surface area contributed by atoms with Gasteiger partial charge in [-0.3, -0.25) is 20.2 Å². The largest absolute Gasteiger partial charge is 0.462 e. The van der Waals surface area contributed by atoms with E-state index in [9.17, 15) is 29.8 Å². The Morgan fingerprint density at radius 3 is 2.35 bits per heavy atom. The molecule has 0 fully saturated rings. The number of unbranched alkanes of at least 4 members (excludes halogenated alkanes) is 1. The van der Waals surface area contributed by atoms with Crippen LogP contribution in [0.15, 0.2) is 35.4 Å². The topological polar surface area (TPSA) is 180 Å². The van der Waals surface area contributed by atoms with Crippen LogP contribution in [-0.4, -0.2) is 34.2 Å². The van der Waals surface area contributed by atoms with E-state index >= 15 is 0 Å². The molecule has 1 aliphatic rings. The Morgan fingerprint density at radius 2 is 1.74 bits per heavy atom. The first-order valence-electron chi connectivity index (χ1n) is 9.16. The fourth-order valence-electron chi connectivity index (χ4n) is 3.19. The highest BCUT2D eigenvalue weighted by molar-refractivity contribution is 6.27. The number of rotatable bonds is 7. The average molecular weight is 427 g/mol. The summed E-state index contributed by atoms with van der Waals surface area (Å²) in [5.74, 6) is -0.776. The zero-order valence-electron chi connectivity index (χ0n) is 16.3. The van der Waals surface area contributed by atoms with Gasteiger partial charge >= 0.3 is 12.0 Å². The number of ether oxygens (including phenoxy) is 1. The van der Waals surface area contributed by atoms with E-state index in [-0.39, 0.29) is 40.3 Å². The van der Waals surface area contributed by atoms with Gasteiger partial charge in [0.15, 0.2) is 0 Å². The molecule has 0 bridgehead atoms. The lowest BCUT2D eigenvalue weighted by molar-refractivity contribution is -0.385. The number of urea groups is 1. The first-order valence-corrected chi connectivity index (χ1v) is 9.16. The van der Waals surface area contributed by atoms with Gasteiger partial charge in [-0.25, -0.2) is 15.0 Å². The molecular weight excluding hydrogens is 410 g/mol. The van der Waals surface area contributed by atoms with Crippen molar-refractivity contribution in [2.24, 2.45) is 10.8 Å². The molecule has 3 N–H and O–H groups in total. The number of hydrazone groups is 1. The summed E-state index contributed by atoms with van der Waals surface area (Å²) in [5.41, 5.74) is 7.33. The Bertz CT molecular complexity index is 1140. The van der Waals surface area contributed by atoms with Crippen LogP contribution in [0.2, 0.25) is 0 Å². The minimum Gasteiger partial charge on any atom is -0.462 e. The van der Waals surface area contributed by atoms with Gasteiger partial charge in [-0.2, -0.15) is 5.10 Å². The van der Waals surface area contributed by atoms with Gasteiger partial charge in [0.1, 0.15) is 0 Å². The number of non-ortho nitro benzene ring substituents is 2. The molecular formula is C19H17N5O7. The van der Waals surface area contributed by atoms with Crippen molar-refractivity contribution in [2.75, 3.05) is 6.61 Å². The van der Waals surface area contributed by atoms with Crippen molar-refractivity contribution in [1.82, 2.24) is 5.43 Å². The van der Waals surface area contributed by atoms with Crippen molar-refractivity contribution in [3.05, 3.63) is 67.3 Å². The summed E-state index contributed by atoms with van der Waals surface area (Å²) in [6.45, 7) is 2.04. The molecule has 2 aromatic carbocycles. The third-order valence-corrected chi connectivity index (χ3v) is 4.56. The van der Waals surface area contributed by atoms with Gasteiger partial charge in [-0.05, 0) is 18.1 Å². The molecule has 0 atom stereocenters. The summed E-state index contributed by atoms with van der Waals surface area (Å²) >= 11 is 0. The highest BCUT2D eigenvalue weighted by Crippen LogP contribution is 2.43. The highest BCUT2D eigenvalue weighted by Gasteiger charge is 2.34. The highest BCUT2D eigenvalue weighted by atomic mass is 16.6. The summed E-state index contributed by atoms with van der Waals surface area (Å²) < 4.78 is 5.24. The average Bonchev–Trinajstić information content (AvgIpc) is 3.04. The molecule has 0 saturated heterocycles. The summed E-state index contributed by atoms with van der Waals surface area (Å²) in [6, 6.07) is 5.11. The molecule has 1 aliphatic carbocycles. The minimum atomic E-state index is -1.00. The van der Waals surface area contributed by atoms with Gasteiger partial charge in [0.05, 0.1) is 27.7 Å². The number of benzene rings is 2. The quantitative estimate of drug-likeness (QED) is 0.251. The predicted octanol–water partition coefficient (Wildman–Crippen LogP) is 2.86. The molecule has 0 aromatic heterocycles. The maximum Gasteiger partial charge on any atom is 0.339 e. The third-order valence-electron chi connectivity index (χ3n) is 4.56. The Morgan fingerprint density at radius 1 is 1.06 bits per heavy atom. The van der Waals surface area contributed by atoms with Crippen LogP contribution in [-0.2, 0) is 4.74 Å². The fraction of sp³-hybridized carbons (Fsp3) is 0.211. The van der Waals surface area contributed by atoms with Crippen molar-refractivity contribution in [3.8, 4) is 11.1 Å². The van der Waals surface area contributed by atoms with Crippen LogP contribution < -0.4 is 11.2 Å². The van der Waals surface area contributed by atoms with E-state index < -0.39 is 27.5 Å². The van der Waals surface area contributed by atoms with E-state index in [1.807, 2.05) is 12.3 Å². The lowest BCUT2D eigenvalue weighted by Gasteiger charge is -2.10. The molecule has 12 nitrogen and oxygen atoms in total. The van der Waals surface area contributed by atoms with Crippen molar-refractivity contribution >= 4 is 29.1 Å². The SMILES string of the molecule is CCCCOC(=O)c1cc([N+](=O)[O-])cc2c1-c1ccc([N+](=O)[O-])cc1/C2=N\NC(N)=O. The number of hydrogen-bond acceptors (Lipinski definition) is 8. The van der Waals surface area contributed by atoms with Gasteiger partial charge in [-0.15, -0.1) is 0 Å². The maximum absolute atomic E-state index is 12.7. The monoisotopic (exact) mass is 427 g/mol. The van der Waals surface area contributed by atoms with Gasteiger partial charge in [0, 0.05) is 41.0 Å². The van der Waals surface area contributed by atoms with Crippen molar-refractivity contribution < 1.29 is 24.2 Å². The lowest BCUT2D eigenvalue weighted by atomic mass is 9.98. The summed E-state index contributed by atoms with van der Waals surface area (Å²) in [7, 11) is 0. The second-order valence-electron chi connectivity index (χ2n) is 6.59. The smallest absolute Gasteiger partial charge is 0.339 e. The zero-order chi connectivity index (χ0) is 22.7. The molecule has 0 radical (unpaired) electrons. The van der Waals surface area contributed by atoms with Gasteiger partial charge in [-0.1, -0.05) is 13.3 Å². The first-order chi connectivity index (χ1) is 14.7. The van der Waals surface area contributed by atoms with Crippen LogP contribution in [0, 0.1) is 20.2 Å². The van der Waals surface area contributed by atoms with Gasteiger partial charge in [0.2, 0.25) is 0 Å². The molecule has 31 heavy (non-hydrogen) atoms. The number of carbonyl (C=O) groups is 2. The first kappa shape index (κ1) is 21.4. The predicted molar refractivity (Wildman–Crippen MR) is 109 cm³/mol. The van der Waals surface area contributed by atoms with E-state index in [1.165, 1.54) is 24.3 Å². The molecule has 0 unspecified atom stereocenters. The normalized spacial score (nSPS) is 12.7. The number of nitrogens with zero attached hydrogens (tertiary/aromatic N) is 3. The van der Waals surface area contributed by atoms with Crippen molar-refractivity contribution in [2.45, 2.75) is 19.8 Å². The third kappa shape index (κ3) is 4.17. The van der Waals surface area contributed by atoms with Gasteiger partial charge < -0.3 is 10.5 Å². The molecule has 2 aromatic rings. The molecule has 0 spiro atoms. The second kappa shape index (κ2) is 8.57. The van der Waals surface area contributed by atoms with Crippen LogP contribution >= 0.6 is 0 Å². The van der Waals surface area contributed by atoms with Crippen LogP contribution in [0.25, 0.3) is 11.1 Å². The van der Waals surface area contributed by atoms with E-state index in [0.717, 1.165) is 12.5 Å². The van der Waals surface area contributed by atoms with E-state index in [1.54, 1.807) is 0 Å². The second-order valence-corrected chi connectivity index (χ2v) is 6.59. The van der Waals surface area contributed by atoms with Crippen LogP contribution in [0.3, 0.4) is 0 Å². The van der Waals surface area contributed by atoms with Gasteiger partial charge in [0.25, 0.3) is 11.4 Å². The van der Waals surface area contributed by atoms with Crippen molar-refractivity contribution in [3.63, 3.8) is 0 Å². The number of nitro groups is 2. The Kier molecular flexibility index (Phi) is 5.90. The number of fused-ring (bicyclic) bond motifs is 3. The number of nitrogens with one attached hydrogen (secondary N) is 1. The van der Waals surface area contributed by atoms with E-state index in [0.29, 0.717) is 12.0 Å².